The Morgan fingerprint density at radius 3 is 2.48 bits per heavy atom. The number of anilines is 2. The van der Waals surface area contributed by atoms with E-state index < -0.39 is 11.6 Å². The smallest absolute Gasteiger partial charge is 0.169 e. The van der Waals surface area contributed by atoms with Gasteiger partial charge in [-0.3, -0.25) is 0 Å². The van der Waals surface area contributed by atoms with Crippen LogP contribution in [0.15, 0.2) is 42.5 Å². The number of nitrogens with one attached hydrogen (secondary N) is 1. The first kappa shape index (κ1) is 13.2. The number of aromatic nitrogens is 2. The van der Waals surface area contributed by atoms with E-state index in [1.54, 1.807) is 12.1 Å². The largest absolute Gasteiger partial charge is 0.381 e. The van der Waals surface area contributed by atoms with Gasteiger partial charge < -0.3 is 11.1 Å². The number of benzene rings is 2. The number of hydrogen-bond donors (Lipinski definition) is 2. The van der Waals surface area contributed by atoms with Gasteiger partial charge in [0.2, 0.25) is 0 Å². The summed E-state index contributed by atoms with van der Waals surface area (Å²) in [6, 6.07) is 10.6. The fraction of sp³-hybridized carbons (Fsp3) is 0.0667. The molecule has 1 heterocycles. The third-order valence-electron chi connectivity index (χ3n) is 3.05. The number of nitrogens with zero attached hydrogens (tertiary/aromatic N) is 2. The second-order valence-corrected chi connectivity index (χ2v) is 4.54. The van der Waals surface area contributed by atoms with E-state index in [2.05, 4.69) is 15.3 Å². The molecule has 0 saturated heterocycles. The Morgan fingerprint density at radius 2 is 1.71 bits per heavy atom. The Kier molecular flexibility index (Phi) is 3.35. The van der Waals surface area contributed by atoms with Gasteiger partial charge in [0.15, 0.2) is 11.6 Å². The third kappa shape index (κ3) is 2.74. The van der Waals surface area contributed by atoms with Crippen LogP contribution >= 0.6 is 0 Å². The van der Waals surface area contributed by atoms with Gasteiger partial charge >= 0.3 is 0 Å². The average molecular weight is 286 g/mol. The van der Waals surface area contributed by atoms with Gasteiger partial charge in [-0.15, -0.1) is 0 Å². The van der Waals surface area contributed by atoms with Crippen LogP contribution in [0, 0.1) is 11.6 Å². The van der Waals surface area contributed by atoms with Crippen molar-refractivity contribution in [2.75, 3.05) is 11.1 Å². The van der Waals surface area contributed by atoms with Crippen molar-refractivity contribution in [3.63, 3.8) is 0 Å². The topological polar surface area (TPSA) is 63.8 Å². The van der Waals surface area contributed by atoms with Crippen LogP contribution < -0.4 is 11.1 Å². The molecule has 0 saturated carbocycles. The highest BCUT2D eigenvalue weighted by atomic mass is 19.1. The van der Waals surface area contributed by atoms with Gasteiger partial charge in [-0.2, -0.15) is 0 Å². The van der Waals surface area contributed by atoms with Crippen LogP contribution in [0.4, 0.5) is 20.4 Å². The maximum atomic E-state index is 13.6. The lowest BCUT2D eigenvalue weighted by molar-refractivity contribution is 0.587. The molecule has 0 atom stereocenters. The molecule has 0 aliphatic heterocycles. The third-order valence-corrected chi connectivity index (χ3v) is 3.05. The van der Waals surface area contributed by atoms with Gasteiger partial charge in [-0.25, -0.2) is 18.7 Å². The zero-order valence-corrected chi connectivity index (χ0v) is 11.0. The Hall–Kier alpha value is -2.76. The minimum atomic E-state index is -0.495. The number of nitrogen functional groups attached to an aromatic ring is 1. The number of rotatable bonds is 3. The Bertz CT molecular complexity index is 805. The highest BCUT2D eigenvalue weighted by Gasteiger charge is 2.08. The van der Waals surface area contributed by atoms with E-state index in [1.807, 2.05) is 12.1 Å². The number of halogens is 2. The van der Waals surface area contributed by atoms with Gasteiger partial charge in [-0.05, 0) is 30.3 Å². The summed E-state index contributed by atoms with van der Waals surface area (Å²) in [5, 5.41) is 2.88. The summed E-state index contributed by atoms with van der Waals surface area (Å²) in [6.45, 7) is 0.0703. The lowest BCUT2D eigenvalue weighted by atomic mass is 10.2. The van der Waals surface area contributed by atoms with Crippen LogP contribution in [0.3, 0.4) is 0 Å². The number of fused-ring (bicyclic) bond motifs is 1. The molecule has 0 radical (unpaired) electrons. The second-order valence-electron chi connectivity index (χ2n) is 4.54. The van der Waals surface area contributed by atoms with Gasteiger partial charge in [0.25, 0.3) is 0 Å². The predicted octanol–water partition coefficient (Wildman–Crippen LogP) is 3.10. The summed E-state index contributed by atoms with van der Waals surface area (Å²) in [6.07, 6.45) is 0. The van der Waals surface area contributed by atoms with Gasteiger partial charge in [0, 0.05) is 12.1 Å². The van der Waals surface area contributed by atoms with Crippen molar-refractivity contribution in [2.45, 2.75) is 6.54 Å². The molecule has 3 rings (SSSR count). The van der Waals surface area contributed by atoms with Crippen LogP contribution in [-0.4, -0.2) is 9.97 Å². The molecule has 3 aromatic rings. The molecule has 0 unspecified atom stereocenters. The van der Waals surface area contributed by atoms with Crippen molar-refractivity contribution in [3.8, 4) is 0 Å². The van der Waals surface area contributed by atoms with Gasteiger partial charge in [0.1, 0.15) is 11.6 Å². The standard InChI is InChI=1S/C15H12F2N4/c16-10-5-6-11(17)9(7-10)8-19-15-14(18)20-12-3-1-2-4-13(12)21-15/h1-7H,8H2,(H2,18,20)(H,19,21). The summed E-state index contributed by atoms with van der Waals surface area (Å²) in [4.78, 5) is 8.54. The summed E-state index contributed by atoms with van der Waals surface area (Å²) in [5.74, 6) is -0.426. The molecule has 0 bridgehead atoms. The molecule has 0 aliphatic carbocycles. The maximum absolute atomic E-state index is 13.6. The van der Waals surface area contributed by atoms with E-state index in [0.29, 0.717) is 16.9 Å². The van der Waals surface area contributed by atoms with Crippen molar-refractivity contribution in [1.29, 1.82) is 0 Å². The molecular formula is C15H12F2N4. The van der Waals surface area contributed by atoms with E-state index in [4.69, 9.17) is 5.73 Å². The first-order valence-corrected chi connectivity index (χ1v) is 6.33. The Labute approximate surface area is 119 Å². The minimum absolute atomic E-state index is 0.0703. The molecule has 106 valence electrons. The van der Waals surface area contributed by atoms with E-state index in [-0.39, 0.29) is 17.9 Å². The number of hydrogen-bond acceptors (Lipinski definition) is 4. The fourth-order valence-corrected chi connectivity index (χ4v) is 2.00. The summed E-state index contributed by atoms with van der Waals surface area (Å²) >= 11 is 0. The molecule has 2 aromatic carbocycles. The van der Waals surface area contributed by atoms with E-state index in [0.717, 1.165) is 18.2 Å². The molecule has 4 nitrogen and oxygen atoms in total. The van der Waals surface area contributed by atoms with E-state index >= 15 is 0 Å². The molecule has 6 heteroatoms. The molecule has 21 heavy (non-hydrogen) atoms. The SMILES string of the molecule is Nc1nc2ccccc2nc1NCc1cc(F)ccc1F. The van der Waals surface area contributed by atoms with Crippen LogP contribution in [0.1, 0.15) is 5.56 Å². The van der Waals surface area contributed by atoms with Gasteiger partial charge in [-0.1, -0.05) is 12.1 Å². The maximum Gasteiger partial charge on any atom is 0.169 e. The average Bonchev–Trinajstić information content (AvgIpc) is 2.48. The fourth-order valence-electron chi connectivity index (χ4n) is 2.00. The van der Waals surface area contributed by atoms with Crippen LogP contribution in [-0.2, 0) is 6.54 Å². The Morgan fingerprint density at radius 1 is 1.00 bits per heavy atom. The van der Waals surface area contributed by atoms with Crippen molar-refractivity contribution >= 4 is 22.7 Å². The molecule has 0 spiro atoms. The van der Waals surface area contributed by atoms with Crippen molar-refractivity contribution in [2.24, 2.45) is 0 Å². The summed E-state index contributed by atoms with van der Waals surface area (Å²) in [7, 11) is 0. The molecule has 1 aromatic heterocycles. The lowest BCUT2D eigenvalue weighted by Crippen LogP contribution is -2.08. The number of nitrogens with two attached hydrogens (primary N) is 1. The second kappa shape index (κ2) is 5.32. The summed E-state index contributed by atoms with van der Waals surface area (Å²) in [5.41, 5.74) is 7.37. The van der Waals surface area contributed by atoms with E-state index in [9.17, 15) is 8.78 Å². The molecule has 0 fully saturated rings. The van der Waals surface area contributed by atoms with Gasteiger partial charge in [0.05, 0.1) is 11.0 Å². The monoisotopic (exact) mass is 286 g/mol. The first-order valence-electron chi connectivity index (χ1n) is 6.33. The molecule has 0 amide bonds. The molecule has 0 aliphatic rings. The summed E-state index contributed by atoms with van der Waals surface area (Å²) < 4.78 is 26.7. The lowest BCUT2D eigenvalue weighted by Gasteiger charge is -2.09. The van der Waals surface area contributed by atoms with Crippen molar-refractivity contribution in [3.05, 3.63) is 59.7 Å². The van der Waals surface area contributed by atoms with Crippen LogP contribution in [0.5, 0.6) is 0 Å². The molecule has 3 N–H and O–H groups in total. The van der Waals surface area contributed by atoms with Crippen molar-refractivity contribution < 1.29 is 8.78 Å². The number of para-hydroxylation sites is 2. The minimum Gasteiger partial charge on any atom is -0.381 e. The Balaban J connectivity index is 1.88. The van der Waals surface area contributed by atoms with Crippen LogP contribution in [0.2, 0.25) is 0 Å². The van der Waals surface area contributed by atoms with Crippen molar-refractivity contribution in [1.82, 2.24) is 9.97 Å². The first-order chi connectivity index (χ1) is 10.1. The molecular weight excluding hydrogens is 274 g/mol. The highest BCUT2D eigenvalue weighted by molar-refractivity contribution is 5.79. The predicted molar refractivity (Wildman–Crippen MR) is 77.6 cm³/mol. The van der Waals surface area contributed by atoms with Crippen LogP contribution in [0.25, 0.3) is 11.0 Å². The zero-order valence-electron chi connectivity index (χ0n) is 11.0. The quantitative estimate of drug-likeness (QED) is 0.776. The zero-order chi connectivity index (χ0) is 14.8. The highest BCUT2D eigenvalue weighted by Crippen LogP contribution is 2.19. The van der Waals surface area contributed by atoms with E-state index in [1.165, 1.54) is 0 Å². The normalized spacial score (nSPS) is 10.8.